The van der Waals surface area contributed by atoms with Crippen molar-refractivity contribution in [3.63, 3.8) is 0 Å². The normalized spacial score (nSPS) is 10.6. The van der Waals surface area contributed by atoms with Crippen LogP contribution in [0, 0.1) is 0 Å². The Bertz CT molecular complexity index is 698. The van der Waals surface area contributed by atoms with E-state index in [0.29, 0.717) is 17.5 Å². The van der Waals surface area contributed by atoms with Crippen LogP contribution in [0.5, 0.6) is 5.75 Å². The predicted molar refractivity (Wildman–Crippen MR) is 75.3 cm³/mol. The fourth-order valence-corrected chi connectivity index (χ4v) is 1.88. The van der Waals surface area contributed by atoms with Crippen molar-refractivity contribution in [1.29, 1.82) is 0 Å². The molecule has 0 fully saturated rings. The van der Waals surface area contributed by atoms with Crippen LogP contribution < -0.4 is 4.74 Å². The first kappa shape index (κ1) is 11.9. The van der Waals surface area contributed by atoms with E-state index in [1.807, 2.05) is 42.6 Å². The van der Waals surface area contributed by atoms with Gasteiger partial charge in [0, 0.05) is 16.6 Å². The van der Waals surface area contributed by atoms with Crippen molar-refractivity contribution >= 4 is 22.5 Å². The Kier molecular flexibility index (Phi) is 3.29. The third kappa shape index (κ3) is 2.83. The van der Waals surface area contributed by atoms with E-state index in [9.17, 15) is 0 Å². The SMILES string of the molecule is Clc1ccc(OCc2ncc3ccccc3n2)cc1. The van der Waals surface area contributed by atoms with Crippen LogP contribution >= 0.6 is 11.6 Å². The van der Waals surface area contributed by atoms with Crippen molar-refractivity contribution in [2.24, 2.45) is 0 Å². The molecule has 94 valence electrons. The smallest absolute Gasteiger partial charge is 0.166 e. The van der Waals surface area contributed by atoms with E-state index in [0.717, 1.165) is 16.7 Å². The third-order valence-corrected chi connectivity index (χ3v) is 2.97. The standard InChI is InChI=1S/C15H11ClN2O/c16-12-5-7-13(8-6-12)19-10-15-17-9-11-3-1-2-4-14(11)18-15/h1-9H,10H2. The molecule has 0 aliphatic carbocycles. The highest BCUT2D eigenvalue weighted by Gasteiger charge is 2.01. The van der Waals surface area contributed by atoms with Crippen LogP contribution in [-0.2, 0) is 6.61 Å². The van der Waals surface area contributed by atoms with Crippen LogP contribution in [0.4, 0.5) is 0 Å². The topological polar surface area (TPSA) is 35.0 Å². The second kappa shape index (κ2) is 5.24. The Morgan fingerprint density at radius 3 is 2.63 bits per heavy atom. The predicted octanol–water partition coefficient (Wildman–Crippen LogP) is 3.86. The number of halogens is 1. The maximum Gasteiger partial charge on any atom is 0.166 e. The maximum absolute atomic E-state index is 5.81. The summed E-state index contributed by atoms with van der Waals surface area (Å²) in [6, 6.07) is 15.1. The van der Waals surface area contributed by atoms with Crippen LogP contribution in [0.1, 0.15) is 5.82 Å². The van der Waals surface area contributed by atoms with E-state index < -0.39 is 0 Å². The van der Waals surface area contributed by atoms with Crippen LogP contribution in [-0.4, -0.2) is 9.97 Å². The summed E-state index contributed by atoms with van der Waals surface area (Å²) in [4.78, 5) is 8.72. The summed E-state index contributed by atoms with van der Waals surface area (Å²) >= 11 is 5.81. The third-order valence-electron chi connectivity index (χ3n) is 2.72. The fraction of sp³-hybridized carbons (Fsp3) is 0.0667. The molecule has 1 heterocycles. The van der Waals surface area contributed by atoms with Crippen LogP contribution in [0.3, 0.4) is 0 Å². The molecule has 3 aromatic rings. The van der Waals surface area contributed by atoms with Crippen molar-refractivity contribution in [1.82, 2.24) is 9.97 Å². The molecule has 0 atom stereocenters. The Morgan fingerprint density at radius 2 is 1.79 bits per heavy atom. The van der Waals surface area contributed by atoms with E-state index in [4.69, 9.17) is 16.3 Å². The van der Waals surface area contributed by atoms with Crippen LogP contribution in [0.2, 0.25) is 5.02 Å². The summed E-state index contributed by atoms with van der Waals surface area (Å²) in [5.41, 5.74) is 0.923. The van der Waals surface area contributed by atoms with Gasteiger partial charge in [0.25, 0.3) is 0 Å². The number of hydrogen-bond acceptors (Lipinski definition) is 3. The number of ether oxygens (including phenoxy) is 1. The van der Waals surface area contributed by atoms with Gasteiger partial charge in [0.15, 0.2) is 5.82 Å². The quantitative estimate of drug-likeness (QED) is 0.725. The van der Waals surface area contributed by atoms with Crippen molar-refractivity contribution in [2.75, 3.05) is 0 Å². The zero-order valence-electron chi connectivity index (χ0n) is 10.1. The number of aromatic nitrogens is 2. The monoisotopic (exact) mass is 270 g/mol. The van der Waals surface area contributed by atoms with E-state index in [1.54, 1.807) is 12.1 Å². The van der Waals surface area contributed by atoms with Gasteiger partial charge in [-0.3, -0.25) is 0 Å². The minimum absolute atomic E-state index is 0.340. The molecule has 19 heavy (non-hydrogen) atoms. The molecular formula is C15H11ClN2O. The summed E-state index contributed by atoms with van der Waals surface area (Å²) in [5, 5.41) is 1.71. The van der Waals surface area contributed by atoms with Gasteiger partial charge in [-0.15, -0.1) is 0 Å². The molecule has 0 aliphatic heterocycles. The maximum atomic E-state index is 5.81. The molecule has 0 bridgehead atoms. The molecule has 0 radical (unpaired) electrons. The molecule has 0 spiro atoms. The Morgan fingerprint density at radius 1 is 1.00 bits per heavy atom. The second-order valence-corrected chi connectivity index (χ2v) is 4.52. The molecule has 1 aromatic heterocycles. The Balaban J connectivity index is 1.76. The number of benzene rings is 2. The number of para-hydroxylation sites is 1. The van der Waals surface area contributed by atoms with Gasteiger partial charge in [0.2, 0.25) is 0 Å². The van der Waals surface area contributed by atoms with Crippen molar-refractivity contribution in [3.05, 3.63) is 65.6 Å². The van der Waals surface area contributed by atoms with Gasteiger partial charge in [-0.1, -0.05) is 29.8 Å². The summed E-state index contributed by atoms with van der Waals surface area (Å²) in [5.74, 6) is 1.41. The fourth-order valence-electron chi connectivity index (χ4n) is 1.76. The Hall–Kier alpha value is -2.13. The highest BCUT2D eigenvalue weighted by Crippen LogP contribution is 2.16. The average molecular weight is 271 g/mol. The largest absolute Gasteiger partial charge is 0.486 e. The average Bonchev–Trinajstić information content (AvgIpc) is 2.46. The Labute approximate surface area is 115 Å². The number of fused-ring (bicyclic) bond motifs is 1. The number of hydrogen-bond donors (Lipinski definition) is 0. The second-order valence-electron chi connectivity index (χ2n) is 4.09. The lowest BCUT2D eigenvalue weighted by atomic mass is 10.2. The lowest BCUT2D eigenvalue weighted by Gasteiger charge is -2.05. The summed E-state index contributed by atoms with van der Waals surface area (Å²) < 4.78 is 5.61. The molecule has 2 aromatic carbocycles. The molecule has 0 saturated heterocycles. The molecule has 3 rings (SSSR count). The van der Waals surface area contributed by atoms with Gasteiger partial charge >= 0.3 is 0 Å². The van der Waals surface area contributed by atoms with Crippen molar-refractivity contribution in [3.8, 4) is 5.75 Å². The molecule has 3 nitrogen and oxygen atoms in total. The zero-order valence-corrected chi connectivity index (χ0v) is 10.8. The summed E-state index contributed by atoms with van der Waals surface area (Å²) in [6.07, 6.45) is 1.81. The van der Waals surface area contributed by atoms with Gasteiger partial charge in [0.05, 0.1) is 5.52 Å². The number of rotatable bonds is 3. The van der Waals surface area contributed by atoms with Gasteiger partial charge in [-0.2, -0.15) is 0 Å². The molecule has 0 N–H and O–H groups in total. The first-order chi connectivity index (χ1) is 9.31. The molecular weight excluding hydrogens is 260 g/mol. The summed E-state index contributed by atoms with van der Waals surface area (Å²) in [7, 11) is 0. The van der Waals surface area contributed by atoms with Gasteiger partial charge in [-0.05, 0) is 30.3 Å². The molecule has 0 saturated carbocycles. The van der Waals surface area contributed by atoms with E-state index in [2.05, 4.69) is 9.97 Å². The molecule has 4 heteroatoms. The summed E-state index contributed by atoms with van der Waals surface area (Å²) in [6.45, 7) is 0.340. The van der Waals surface area contributed by atoms with E-state index in [-0.39, 0.29) is 0 Å². The minimum Gasteiger partial charge on any atom is -0.486 e. The molecule has 0 unspecified atom stereocenters. The highest BCUT2D eigenvalue weighted by atomic mass is 35.5. The highest BCUT2D eigenvalue weighted by molar-refractivity contribution is 6.30. The molecule has 0 aliphatic rings. The van der Waals surface area contributed by atoms with Crippen molar-refractivity contribution < 1.29 is 4.74 Å². The van der Waals surface area contributed by atoms with Gasteiger partial charge < -0.3 is 4.74 Å². The first-order valence-electron chi connectivity index (χ1n) is 5.90. The van der Waals surface area contributed by atoms with Gasteiger partial charge in [0.1, 0.15) is 12.4 Å². The lowest BCUT2D eigenvalue weighted by Crippen LogP contribution is -2.01. The minimum atomic E-state index is 0.340. The molecule has 0 amide bonds. The van der Waals surface area contributed by atoms with Crippen LogP contribution in [0.25, 0.3) is 10.9 Å². The van der Waals surface area contributed by atoms with E-state index in [1.165, 1.54) is 0 Å². The first-order valence-corrected chi connectivity index (χ1v) is 6.28. The zero-order chi connectivity index (χ0) is 13.1. The number of nitrogens with zero attached hydrogens (tertiary/aromatic N) is 2. The van der Waals surface area contributed by atoms with Crippen LogP contribution in [0.15, 0.2) is 54.7 Å². The van der Waals surface area contributed by atoms with Crippen molar-refractivity contribution in [2.45, 2.75) is 6.61 Å². The van der Waals surface area contributed by atoms with E-state index >= 15 is 0 Å². The van der Waals surface area contributed by atoms with Gasteiger partial charge in [-0.25, -0.2) is 9.97 Å². The lowest BCUT2D eigenvalue weighted by molar-refractivity contribution is 0.296.